The summed E-state index contributed by atoms with van der Waals surface area (Å²) in [7, 11) is 0. The van der Waals surface area contributed by atoms with E-state index in [4.69, 9.17) is 11.1 Å². The van der Waals surface area contributed by atoms with Crippen LogP contribution < -0.4 is 5.73 Å². The lowest BCUT2D eigenvalue weighted by molar-refractivity contribution is 0.825. The summed E-state index contributed by atoms with van der Waals surface area (Å²) >= 11 is 3.52. The summed E-state index contributed by atoms with van der Waals surface area (Å²) in [6, 6.07) is 5.73. The molecular formula is C13H15BrN4. The lowest BCUT2D eigenvalue weighted by Crippen LogP contribution is -2.16. The van der Waals surface area contributed by atoms with Gasteiger partial charge in [0.2, 0.25) is 0 Å². The first kappa shape index (κ1) is 12.8. The van der Waals surface area contributed by atoms with Crippen molar-refractivity contribution in [2.24, 2.45) is 5.73 Å². The number of benzene rings is 1. The number of halogens is 1. The minimum atomic E-state index is 0.0531. The molecule has 5 heteroatoms. The van der Waals surface area contributed by atoms with E-state index in [1.54, 1.807) is 0 Å². The van der Waals surface area contributed by atoms with Gasteiger partial charge in [-0.2, -0.15) is 5.10 Å². The number of amidine groups is 1. The molecule has 18 heavy (non-hydrogen) atoms. The molecule has 0 atom stereocenters. The van der Waals surface area contributed by atoms with E-state index in [9.17, 15) is 0 Å². The lowest BCUT2D eigenvalue weighted by atomic mass is 10.1. The summed E-state index contributed by atoms with van der Waals surface area (Å²) < 4.78 is 2.83. The molecule has 94 valence electrons. The smallest absolute Gasteiger partial charge is 0.124 e. The molecule has 0 saturated carbocycles. The maximum absolute atomic E-state index is 7.68. The zero-order valence-electron chi connectivity index (χ0n) is 10.6. The van der Waals surface area contributed by atoms with Crippen LogP contribution in [0.15, 0.2) is 22.7 Å². The van der Waals surface area contributed by atoms with Gasteiger partial charge in [-0.05, 0) is 48.3 Å². The summed E-state index contributed by atoms with van der Waals surface area (Å²) in [5.74, 6) is 0.0531. The van der Waals surface area contributed by atoms with E-state index < -0.39 is 0 Å². The molecule has 2 rings (SSSR count). The fourth-order valence-electron chi connectivity index (χ4n) is 2.00. The SMILES string of the molecule is Cc1cccc(C(=N)N)c1-n1nc(C)c(Br)c1C. The van der Waals surface area contributed by atoms with E-state index >= 15 is 0 Å². The van der Waals surface area contributed by atoms with Crippen molar-refractivity contribution in [2.45, 2.75) is 20.8 Å². The van der Waals surface area contributed by atoms with E-state index in [1.807, 2.05) is 43.7 Å². The highest BCUT2D eigenvalue weighted by Gasteiger charge is 2.16. The Labute approximate surface area is 114 Å². The third-order valence-electron chi connectivity index (χ3n) is 2.94. The second-order valence-electron chi connectivity index (χ2n) is 4.28. The minimum Gasteiger partial charge on any atom is -0.384 e. The van der Waals surface area contributed by atoms with Crippen LogP contribution >= 0.6 is 15.9 Å². The number of hydrogen-bond acceptors (Lipinski definition) is 2. The summed E-state index contributed by atoms with van der Waals surface area (Å²) in [5, 5.41) is 12.2. The predicted octanol–water partition coefficient (Wildman–Crippen LogP) is 2.84. The van der Waals surface area contributed by atoms with Gasteiger partial charge in [0.25, 0.3) is 0 Å². The third kappa shape index (κ3) is 1.95. The van der Waals surface area contributed by atoms with Crippen molar-refractivity contribution in [1.82, 2.24) is 9.78 Å². The normalized spacial score (nSPS) is 10.7. The van der Waals surface area contributed by atoms with Gasteiger partial charge >= 0.3 is 0 Å². The second kappa shape index (κ2) is 4.57. The van der Waals surface area contributed by atoms with Gasteiger partial charge in [-0.15, -0.1) is 0 Å². The summed E-state index contributed by atoms with van der Waals surface area (Å²) in [6.45, 7) is 5.92. The topological polar surface area (TPSA) is 67.7 Å². The van der Waals surface area contributed by atoms with E-state index in [1.165, 1.54) is 0 Å². The molecule has 2 aromatic rings. The molecule has 3 N–H and O–H groups in total. The van der Waals surface area contributed by atoms with Crippen LogP contribution in [0.1, 0.15) is 22.5 Å². The Morgan fingerprint density at radius 2 is 2.00 bits per heavy atom. The number of nitrogens with two attached hydrogens (primary N) is 1. The molecule has 0 radical (unpaired) electrons. The minimum absolute atomic E-state index is 0.0531. The Morgan fingerprint density at radius 3 is 2.50 bits per heavy atom. The first-order chi connectivity index (χ1) is 8.43. The van der Waals surface area contributed by atoms with Crippen LogP contribution in [0.2, 0.25) is 0 Å². The molecule has 0 saturated heterocycles. The highest BCUT2D eigenvalue weighted by atomic mass is 79.9. The highest BCUT2D eigenvalue weighted by Crippen LogP contribution is 2.26. The second-order valence-corrected chi connectivity index (χ2v) is 5.07. The summed E-state index contributed by atoms with van der Waals surface area (Å²) in [6.07, 6.45) is 0. The van der Waals surface area contributed by atoms with Crippen LogP contribution in [0.4, 0.5) is 0 Å². The van der Waals surface area contributed by atoms with Crippen molar-refractivity contribution in [3.63, 3.8) is 0 Å². The average molecular weight is 307 g/mol. The van der Waals surface area contributed by atoms with E-state index in [0.717, 1.165) is 27.1 Å². The van der Waals surface area contributed by atoms with Crippen molar-refractivity contribution in [2.75, 3.05) is 0 Å². The van der Waals surface area contributed by atoms with Gasteiger partial charge < -0.3 is 5.73 Å². The number of nitrogens with one attached hydrogen (secondary N) is 1. The van der Waals surface area contributed by atoms with Crippen molar-refractivity contribution < 1.29 is 0 Å². The van der Waals surface area contributed by atoms with Gasteiger partial charge in [0.1, 0.15) is 5.84 Å². The molecule has 0 aliphatic rings. The monoisotopic (exact) mass is 306 g/mol. The lowest BCUT2D eigenvalue weighted by Gasteiger charge is -2.13. The van der Waals surface area contributed by atoms with Gasteiger partial charge in [-0.25, -0.2) is 4.68 Å². The summed E-state index contributed by atoms with van der Waals surface area (Å²) in [5.41, 5.74) is 10.2. The van der Waals surface area contributed by atoms with Gasteiger partial charge in [0, 0.05) is 5.56 Å². The van der Waals surface area contributed by atoms with Crippen LogP contribution in [0.5, 0.6) is 0 Å². The molecule has 0 fully saturated rings. The van der Waals surface area contributed by atoms with Crippen molar-refractivity contribution in [3.05, 3.63) is 45.2 Å². The number of rotatable bonds is 2. The van der Waals surface area contributed by atoms with Crippen LogP contribution in [-0.2, 0) is 0 Å². The van der Waals surface area contributed by atoms with Crippen LogP contribution in [0.25, 0.3) is 5.69 Å². The van der Waals surface area contributed by atoms with Gasteiger partial charge in [0.05, 0.1) is 21.5 Å². The van der Waals surface area contributed by atoms with Gasteiger partial charge in [0.15, 0.2) is 0 Å². The predicted molar refractivity (Wildman–Crippen MR) is 76.5 cm³/mol. The fourth-order valence-corrected chi connectivity index (χ4v) is 2.25. The standard InChI is InChI=1S/C13H15BrN4/c1-7-5-4-6-10(13(15)16)12(7)18-9(3)11(14)8(2)17-18/h4-6H,1-3H3,(H3,15,16). The van der Waals surface area contributed by atoms with Crippen LogP contribution in [-0.4, -0.2) is 15.6 Å². The number of aromatic nitrogens is 2. The van der Waals surface area contributed by atoms with E-state index in [0.29, 0.717) is 5.56 Å². The molecule has 1 heterocycles. The average Bonchev–Trinajstić information content (AvgIpc) is 2.56. The Kier molecular flexibility index (Phi) is 3.26. The van der Waals surface area contributed by atoms with Gasteiger partial charge in [-0.3, -0.25) is 5.41 Å². The Balaban J connectivity index is 2.78. The third-order valence-corrected chi connectivity index (χ3v) is 4.09. The number of hydrogen-bond donors (Lipinski definition) is 2. The quantitative estimate of drug-likeness (QED) is 0.662. The molecule has 0 spiro atoms. The molecule has 0 aliphatic heterocycles. The van der Waals surface area contributed by atoms with Crippen molar-refractivity contribution in [3.8, 4) is 5.69 Å². The summed E-state index contributed by atoms with van der Waals surface area (Å²) in [4.78, 5) is 0. The molecule has 0 bridgehead atoms. The molecule has 0 aliphatic carbocycles. The first-order valence-corrected chi connectivity index (χ1v) is 6.39. The highest BCUT2D eigenvalue weighted by molar-refractivity contribution is 9.10. The van der Waals surface area contributed by atoms with Crippen LogP contribution in [0, 0.1) is 26.2 Å². The Hall–Kier alpha value is -1.62. The Morgan fingerprint density at radius 1 is 1.33 bits per heavy atom. The van der Waals surface area contributed by atoms with E-state index in [2.05, 4.69) is 21.0 Å². The van der Waals surface area contributed by atoms with Crippen molar-refractivity contribution in [1.29, 1.82) is 5.41 Å². The zero-order valence-corrected chi connectivity index (χ0v) is 12.2. The van der Waals surface area contributed by atoms with E-state index in [-0.39, 0.29) is 5.84 Å². The number of para-hydroxylation sites is 1. The molecule has 1 aromatic heterocycles. The fraction of sp³-hybridized carbons (Fsp3) is 0.231. The molecule has 1 aromatic carbocycles. The van der Waals surface area contributed by atoms with Crippen molar-refractivity contribution >= 4 is 21.8 Å². The molecular weight excluding hydrogens is 292 g/mol. The molecule has 0 amide bonds. The van der Waals surface area contributed by atoms with Gasteiger partial charge in [-0.1, -0.05) is 12.1 Å². The first-order valence-electron chi connectivity index (χ1n) is 5.59. The molecule has 0 unspecified atom stereocenters. The largest absolute Gasteiger partial charge is 0.384 e. The maximum Gasteiger partial charge on any atom is 0.124 e. The maximum atomic E-state index is 7.68. The van der Waals surface area contributed by atoms with Crippen LogP contribution in [0.3, 0.4) is 0 Å². The number of nitrogens with zero attached hydrogens (tertiary/aromatic N) is 2. The zero-order chi connectivity index (χ0) is 13.4. The number of nitrogen functional groups attached to an aromatic ring is 1. The molecule has 4 nitrogen and oxygen atoms in total. The number of aryl methyl sites for hydroxylation is 2. The Bertz CT molecular complexity index is 628.